The number of nitrogens with zero attached hydrogens (tertiary/aromatic N) is 1. The zero-order valence-corrected chi connectivity index (χ0v) is 17.1. The Morgan fingerprint density at radius 1 is 1.27 bits per heavy atom. The molecule has 1 aromatic heterocycles. The Bertz CT molecular complexity index is 866. The number of nitrogens with two attached hydrogens (primary N) is 1. The van der Waals surface area contributed by atoms with Crippen molar-refractivity contribution in [3.8, 4) is 0 Å². The smallest absolute Gasteiger partial charge is 0.326 e. The monoisotopic (exact) mass is 467 g/mol. The topological polar surface area (TPSA) is 68.0 Å². The van der Waals surface area contributed by atoms with Crippen molar-refractivity contribution >= 4 is 35.1 Å². The molecule has 1 amide bonds. The Hall–Kier alpha value is -1.91. The summed E-state index contributed by atoms with van der Waals surface area (Å²) in [5, 5.41) is 8.67. The van der Waals surface area contributed by atoms with Gasteiger partial charge >= 0.3 is 6.18 Å². The van der Waals surface area contributed by atoms with Gasteiger partial charge in [-0.25, -0.2) is 13.8 Å². The number of carbonyl (C=O) groups is 1. The van der Waals surface area contributed by atoms with Gasteiger partial charge in [-0.05, 0) is 55.1 Å². The number of hydrogen-bond donors (Lipinski definition) is 2. The molecule has 1 saturated carbocycles. The van der Waals surface area contributed by atoms with E-state index in [0.717, 1.165) is 24.1 Å². The lowest BCUT2D eigenvalue weighted by molar-refractivity contribution is -0.137. The van der Waals surface area contributed by atoms with Crippen molar-refractivity contribution in [1.82, 2.24) is 4.98 Å². The first-order chi connectivity index (χ1) is 14.0. The lowest BCUT2D eigenvalue weighted by Gasteiger charge is -2.27. The Labute approximate surface area is 179 Å². The van der Waals surface area contributed by atoms with Gasteiger partial charge in [0, 0.05) is 35.7 Å². The first kappa shape index (κ1) is 24.4. The van der Waals surface area contributed by atoms with Crippen LogP contribution < -0.4 is 10.5 Å². The molecule has 11 heteroatoms. The van der Waals surface area contributed by atoms with Gasteiger partial charge in [0.05, 0.1) is 5.56 Å². The van der Waals surface area contributed by atoms with E-state index in [0.29, 0.717) is 23.6 Å². The number of alkyl halides is 5. The number of rotatable bonds is 3. The van der Waals surface area contributed by atoms with E-state index < -0.39 is 23.6 Å². The molecule has 164 valence electrons. The average molecular weight is 468 g/mol. The third-order valence-electron chi connectivity index (χ3n) is 4.29. The summed E-state index contributed by atoms with van der Waals surface area (Å²) in [7, 11) is 0. The van der Waals surface area contributed by atoms with Gasteiger partial charge in [-0.2, -0.15) is 13.2 Å². The third kappa shape index (κ3) is 7.73. The Kier molecular flexibility index (Phi) is 8.45. The molecule has 1 aliphatic carbocycles. The van der Waals surface area contributed by atoms with Gasteiger partial charge in [0.15, 0.2) is 0 Å². The molecule has 0 spiro atoms. The van der Waals surface area contributed by atoms with E-state index >= 15 is 0 Å². The van der Waals surface area contributed by atoms with Crippen LogP contribution in [0.1, 0.15) is 31.2 Å². The van der Waals surface area contributed by atoms with Crippen molar-refractivity contribution in [2.24, 2.45) is 11.1 Å². The summed E-state index contributed by atoms with van der Waals surface area (Å²) < 4.78 is 62.3. The normalized spacial score (nSPS) is 18.2. The highest BCUT2D eigenvalue weighted by Gasteiger charge is 2.39. The quantitative estimate of drug-likeness (QED) is 0.418. The first-order valence-electron chi connectivity index (χ1n) is 8.84. The fourth-order valence-corrected chi connectivity index (χ4v) is 3.36. The Balaban J connectivity index is 0.000000248. The molecule has 4 nitrogen and oxygen atoms in total. The van der Waals surface area contributed by atoms with Gasteiger partial charge in [-0.3, -0.25) is 9.93 Å². The number of aromatic nitrogens is 1. The number of hydrogen-bond acceptors (Lipinski definition) is 4. The molecule has 0 aliphatic heterocycles. The second-order valence-corrected chi connectivity index (χ2v) is 7.74. The maximum absolute atomic E-state index is 13.3. The van der Waals surface area contributed by atoms with Crippen molar-refractivity contribution < 1.29 is 26.7 Å². The molecule has 0 saturated heterocycles. The van der Waals surface area contributed by atoms with Crippen molar-refractivity contribution in [3.05, 3.63) is 53.2 Å². The van der Waals surface area contributed by atoms with Crippen LogP contribution in [0.5, 0.6) is 0 Å². The number of anilines is 1. The minimum atomic E-state index is -4.30. The van der Waals surface area contributed by atoms with E-state index in [9.17, 15) is 26.7 Å². The van der Waals surface area contributed by atoms with Crippen LogP contribution in [0.25, 0.3) is 0 Å². The highest BCUT2D eigenvalue weighted by Crippen LogP contribution is 2.37. The number of pyridine rings is 1. The van der Waals surface area contributed by atoms with E-state index in [1.807, 2.05) is 0 Å². The molecule has 2 aromatic rings. The third-order valence-corrected chi connectivity index (χ3v) is 4.99. The number of nitrogens with one attached hydrogen (secondary N) is 1. The van der Waals surface area contributed by atoms with Crippen molar-refractivity contribution in [2.45, 2.75) is 42.8 Å². The van der Waals surface area contributed by atoms with Gasteiger partial charge in [-0.1, -0.05) is 17.7 Å². The highest BCUT2D eigenvalue weighted by molar-refractivity contribution is 7.97. The molecule has 3 rings (SSSR count). The molecule has 0 radical (unpaired) electrons. The molecule has 1 aliphatic rings. The number of carbonyl (C=O) groups excluding carboxylic acids is 1. The summed E-state index contributed by atoms with van der Waals surface area (Å²) in [6.45, 7) is 0. The molecule has 0 unspecified atom stereocenters. The van der Waals surface area contributed by atoms with Crippen LogP contribution in [0.15, 0.2) is 47.6 Å². The molecular weight excluding hydrogens is 449 g/mol. The van der Waals surface area contributed by atoms with Crippen molar-refractivity contribution in [3.63, 3.8) is 0 Å². The van der Waals surface area contributed by atoms with E-state index in [2.05, 4.69) is 10.3 Å². The molecular formula is C19H19ClF5N3OS. The van der Waals surface area contributed by atoms with E-state index in [1.165, 1.54) is 18.3 Å². The van der Waals surface area contributed by atoms with Crippen molar-refractivity contribution in [2.75, 3.05) is 5.32 Å². The minimum absolute atomic E-state index is 0.0971. The van der Waals surface area contributed by atoms with Crippen LogP contribution in [-0.4, -0.2) is 16.8 Å². The summed E-state index contributed by atoms with van der Waals surface area (Å²) in [5.74, 6) is -3.72. The maximum atomic E-state index is 13.3. The first-order valence-corrected chi connectivity index (χ1v) is 10.1. The van der Waals surface area contributed by atoms with Gasteiger partial charge < -0.3 is 5.32 Å². The van der Waals surface area contributed by atoms with Crippen LogP contribution in [0.2, 0.25) is 5.02 Å². The second kappa shape index (κ2) is 10.4. The van der Waals surface area contributed by atoms with Gasteiger partial charge in [0.1, 0.15) is 5.03 Å². The number of amides is 1. The zero-order valence-electron chi connectivity index (χ0n) is 15.6. The summed E-state index contributed by atoms with van der Waals surface area (Å²) in [6.07, 6.45) is -2.40. The summed E-state index contributed by atoms with van der Waals surface area (Å²) >= 11 is 6.31. The Morgan fingerprint density at radius 3 is 2.57 bits per heavy atom. The van der Waals surface area contributed by atoms with E-state index in [4.69, 9.17) is 16.7 Å². The Morgan fingerprint density at radius 2 is 2.00 bits per heavy atom. The SMILES string of the molecule is FC(F)(F)c1cccc(Cl)c1.NSc1cc(NC(=O)[C@H]2CCCC(F)(F)C2)ccn1. The van der Waals surface area contributed by atoms with Crippen LogP contribution in [0.3, 0.4) is 0 Å². The number of halogens is 6. The molecule has 1 heterocycles. The molecule has 30 heavy (non-hydrogen) atoms. The van der Waals surface area contributed by atoms with Gasteiger partial charge in [-0.15, -0.1) is 0 Å². The van der Waals surface area contributed by atoms with Gasteiger partial charge in [0.2, 0.25) is 11.8 Å². The van der Waals surface area contributed by atoms with E-state index in [1.54, 1.807) is 12.1 Å². The maximum Gasteiger partial charge on any atom is 0.416 e. The van der Waals surface area contributed by atoms with Gasteiger partial charge in [0.25, 0.3) is 0 Å². The molecule has 1 fully saturated rings. The molecule has 0 bridgehead atoms. The highest BCUT2D eigenvalue weighted by atomic mass is 35.5. The second-order valence-electron chi connectivity index (χ2n) is 6.65. The fraction of sp³-hybridized carbons (Fsp3) is 0.368. The molecule has 1 aromatic carbocycles. The van der Waals surface area contributed by atoms with Crippen LogP contribution in [0, 0.1) is 5.92 Å². The van der Waals surface area contributed by atoms with Crippen LogP contribution in [0.4, 0.5) is 27.6 Å². The predicted octanol–water partition coefficient (Wildman–Crippen LogP) is 6.17. The zero-order chi connectivity index (χ0) is 22.4. The summed E-state index contributed by atoms with van der Waals surface area (Å²) in [6, 6.07) is 7.76. The largest absolute Gasteiger partial charge is 0.416 e. The van der Waals surface area contributed by atoms with Crippen LogP contribution in [-0.2, 0) is 11.0 Å². The number of benzene rings is 1. The van der Waals surface area contributed by atoms with Crippen molar-refractivity contribution in [1.29, 1.82) is 0 Å². The lowest BCUT2D eigenvalue weighted by atomic mass is 9.86. The molecule has 3 N–H and O–H groups in total. The average Bonchev–Trinajstić information content (AvgIpc) is 2.67. The fourth-order valence-electron chi connectivity index (χ4n) is 2.86. The lowest BCUT2D eigenvalue weighted by Crippen LogP contribution is -2.33. The summed E-state index contributed by atoms with van der Waals surface area (Å²) in [4.78, 5) is 15.9. The molecule has 1 atom stereocenters. The summed E-state index contributed by atoms with van der Waals surface area (Å²) in [5.41, 5.74) is -0.188. The predicted molar refractivity (Wildman–Crippen MR) is 106 cm³/mol. The minimum Gasteiger partial charge on any atom is -0.326 e. The van der Waals surface area contributed by atoms with Crippen LogP contribution >= 0.6 is 23.5 Å². The standard InChI is InChI=1S/C12H15F2N3OS.C7H4ClF3/c13-12(14)4-1-2-8(7-12)11(18)17-9-3-5-16-10(6-9)19-15;8-6-3-1-2-5(4-6)7(9,10)11/h3,5-6,8H,1-2,4,7,15H2,(H,16,17,18);1-4H/t8-;/m0./s1. The van der Waals surface area contributed by atoms with E-state index in [-0.39, 0.29) is 23.8 Å².